The molecule has 25 heavy (non-hydrogen) atoms. The second kappa shape index (κ2) is 6.86. The lowest BCUT2D eigenvalue weighted by Crippen LogP contribution is -2.43. The Morgan fingerprint density at radius 3 is 2.32 bits per heavy atom. The van der Waals surface area contributed by atoms with Gasteiger partial charge in [0.05, 0.1) is 11.5 Å². The van der Waals surface area contributed by atoms with Crippen LogP contribution >= 0.6 is 0 Å². The number of hydrogen-bond donors (Lipinski definition) is 3. The van der Waals surface area contributed by atoms with Crippen LogP contribution in [-0.2, 0) is 14.4 Å². The Balaban J connectivity index is 1.53. The number of carboxylic acids is 1. The smallest absolute Gasteiger partial charge is 0.310 e. The fourth-order valence-corrected chi connectivity index (χ4v) is 3.20. The van der Waals surface area contributed by atoms with Crippen molar-refractivity contribution in [3.05, 3.63) is 29.8 Å². The van der Waals surface area contributed by atoms with Gasteiger partial charge in [0.2, 0.25) is 11.8 Å². The summed E-state index contributed by atoms with van der Waals surface area (Å²) in [5.41, 5.74) is 0.787. The van der Waals surface area contributed by atoms with E-state index in [1.54, 1.807) is 0 Å². The van der Waals surface area contributed by atoms with Crippen LogP contribution in [-0.4, -0.2) is 22.9 Å². The van der Waals surface area contributed by atoms with E-state index in [9.17, 15) is 19.5 Å². The molecule has 3 rings (SSSR count). The third kappa shape index (κ3) is 4.00. The van der Waals surface area contributed by atoms with Crippen LogP contribution in [0, 0.1) is 11.3 Å². The van der Waals surface area contributed by atoms with Gasteiger partial charge in [-0.25, -0.2) is 0 Å². The molecule has 0 aromatic heterocycles. The van der Waals surface area contributed by atoms with Crippen LogP contribution in [0.1, 0.15) is 57.1 Å². The minimum atomic E-state index is -0.877. The van der Waals surface area contributed by atoms with Gasteiger partial charge in [0.15, 0.2) is 0 Å². The van der Waals surface area contributed by atoms with E-state index in [-0.39, 0.29) is 30.2 Å². The van der Waals surface area contributed by atoms with E-state index >= 15 is 0 Å². The van der Waals surface area contributed by atoms with Crippen molar-refractivity contribution in [1.82, 2.24) is 5.32 Å². The van der Waals surface area contributed by atoms with Gasteiger partial charge in [0, 0.05) is 18.0 Å². The molecule has 134 valence electrons. The van der Waals surface area contributed by atoms with Crippen LogP contribution in [0.2, 0.25) is 0 Å². The molecular weight excluding hydrogens is 320 g/mol. The number of carbonyl (C=O) groups is 3. The lowest BCUT2D eigenvalue weighted by atomic mass is 9.66. The van der Waals surface area contributed by atoms with Crippen molar-refractivity contribution in [2.24, 2.45) is 11.3 Å². The van der Waals surface area contributed by atoms with Gasteiger partial charge in [-0.3, -0.25) is 14.4 Å². The van der Waals surface area contributed by atoms with E-state index in [1.807, 2.05) is 31.2 Å². The zero-order valence-electron chi connectivity index (χ0n) is 14.4. The van der Waals surface area contributed by atoms with E-state index in [4.69, 9.17) is 0 Å². The first kappa shape index (κ1) is 17.5. The number of benzene rings is 1. The molecular formula is C19H24N2O4. The van der Waals surface area contributed by atoms with Crippen molar-refractivity contribution in [2.75, 3.05) is 5.32 Å². The maximum Gasteiger partial charge on any atom is 0.310 e. The molecule has 6 nitrogen and oxygen atoms in total. The highest BCUT2D eigenvalue weighted by Crippen LogP contribution is 2.44. The molecule has 2 aliphatic rings. The molecule has 0 aliphatic heterocycles. The van der Waals surface area contributed by atoms with Crippen LogP contribution < -0.4 is 10.6 Å². The van der Waals surface area contributed by atoms with Crippen LogP contribution in [0.4, 0.5) is 5.69 Å². The minimum Gasteiger partial charge on any atom is -0.481 e. The largest absolute Gasteiger partial charge is 0.481 e. The zero-order chi connectivity index (χ0) is 18.0. The highest BCUT2D eigenvalue weighted by atomic mass is 16.4. The molecule has 2 saturated carbocycles. The maximum absolute atomic E-state index is 12.2. The highest BCUT2D eigenvalue weighted by molar-refractivity contribution is 5.94. The van der Waals surface area contributed by atoms with E-state index in [0.29, 0.717) is 12.8 Å². The van der Waals surface area contributed by atoms with Crippen molar-refractivity contribution >= 4 is 23.5 Å². The lowest BCUT2D eigenvalue weighted by Gasteiger charge is -2.37. The normalized spacial score (nSPS) is 19.4. The first-order valence-corrected chi connectivity index (χ1v) is 8.83. The van der Waals surface area contributed by atoms with Gasteiger partial charge in [-0.1, -0.05) is 18.6 Å². The molecule has 2 aliphatic carbocycles. The molecule has 0 spiro atoms. The standard InChI is InChI=1S/C19H24N2O4/c1-12(20-16(22)11-19(18(24)25)9-2-10-19)13-5-7-15(8-6-13)21-17(23)14-3-4-14/h5-8,12,14H,2-4,9-11H2,1H3,(H,20,22)(H,21,23)(H,24,25). The Hall–Kier alpha value is -2.37. The third-order valence-corrected chi connectivity index (χ3v) is 5.27. The Kier molecular flexibility index (Phi) is 4.79. The predicted octanol–water partition coefficient (Wildman–Crippen LogP) is 2.86. The van der Waals surface area contributed by atoms with Gasteiger partial charge >= 0.3 is 5.97 Å². The van der Waals surface area contributed by atoms with Gasteiger partial charge in [-0.05, 0) is 50.3 Å². The zero-order valence-corrected chi connectivity index (χ0v) is 14.4. The summed E-state index contributed by atoms with van der Waals surface area (Å²) in [5, 5.41) is 15.1. The van der Waals surface area contributed by atoms with Gasteiger partial charge in [0.1, 0.15) is 0 Å². The van der Waals surface area contributed by atoms with Gasteiger partial charge in [-0.15, -0.1) is 0 Å². The van der Waals surface area contributed by atoms with Crippen molar-refractivity contribution in [2.45, 2.75) is 51.5 Å². The van der Waals surface area contributed by atoms with Crippen molar-refractivity contribution in [3.8, 4) is 0 Å². The van der Waals surface area contributed by atoms with Crippen molar-refractivity contribution < 1.29 is 19.5 Å². The number of nitrogens with one attached hydrogen (secondary N) is 2. The second-order valence-electron chi connectivity index (χ2n) is 7.29. The SMILES string of the molecule is CC(NC(=O)CC1(C(=O)O)CCC1)c1ccc(NC(=O)C2CC2)cc1. The first-order valence-electron chi connectivity index (χ1n) is 8.83. The molecule has 0 heterocycles. The monoisotopic (exact) mass is 344 g/mol. The van der Waals surface area contributed by atoms with Crippen LogP contribution in [0.5, 0.6) is 0 Å². The summed E-state index contributed by atoms with van der Waals surface area (Å²) in [4.78, 5) is 35.3. The van der Waals surface area contributed by atoms with E-state index in [0.717, 1.165) is 30.5 Å². The highest BCUT2D eigenvalue weighted by Gasteiger charge is 2.46. The number of carbonyl (C=O) groups excluding carboxylic acids is 2. The fraction of sp³-hybridized carbons (Fsp3) is 0.526. The topological polar surface area (TPSA) is 95.5 Å². The minimum absolute atomic E-state index is 0.0300. The number of rotatable bonds is 7. The molecule has 2 amide bonds. The summed E-state index contributed by atoms with van der Waals surface area (Å²) in [5.74, 6) is -0.891. The fourth-order valence-electron chi connectivity index (χ4n) is 3.20. The average Bonchev–Trinajstić information content (AvgIpc) is 3.36. The number of anilines is 1. The molecule has 0 radical (unpaired) electrons. The van der Waals surface area contributed by atoms with Crippen LogP contribution in [0.15, 0.2) is 24.3 Å². The predicted molar refractivity (Wildman–Crippen MR) is 92.9 cm³/mol. The Morgan fingerprint density at radius 1 is 1.20 bits per heavy atom. The van der Waals surface area contributed by atoms with Gasteiger partial charge in [-0.2, -0.15) is 0 Å². The molecule has 0 bridgehead atoms. The summed E-state index contributed by atoms with van der Waals surface area (Å²) in [6.07, 6.45) is 3.96. The maximum atomic E-state index is 12.2. The second-order valence-corrected chi connectivity index (χ2v) is 7.29. The summed E-state index contributed by atoms with van der Waals surface area (Å²) in [6.45, 7) is 1.86. The van der Waals surface area contributed by atoms with E-state index < -0.39 is 11.4 Å². The van der Waals surface area contributed by atoms with Crippen molar-refractivity contribution in [1.29, 1.82) is 0 Å². The Morgan fingerprint density at radius 2 is 1.84 bits per heavy atom. The average molecular weight is 344 g/mol. The summed E-state index contributed by atoms with van der Waals surface area (Å²) in [7, 11) is 0. The van der Waals surface area contributed by atoms with E-state index in [1.165, 1.54) is 0 Å². The number of carboxylic acid groups (broad SMARTS) is 1. The van der Waals surface area contributed by atoms with Gasteiger partial charge < -0.3 is 15.7 Å². The quantitative estimate of drug-likeness (QED) is 0.709. The number of amides is 2. The Bertz CT molecular complexity index is 675. The van der Waals surface area contributed by atoms with E-state index in [2.05, 4.69) is 10.6 Å². The molecule has 1 aromatic carbocycles. The molecule has 1 unspecified atom stereocenters. The number of aliphatic carboxylic acids is 1. The third-order valence-electron chi connectivity index (χ3n) is 5.27. The van der Waals surface area contributed by atoms with Crippen molar-refractivity contribution in [3.63, 3.8) is 0 Å². The molecule has 1 aromatic rings. The summed E-state index contributed by atoms with van der Waals surface area (Å²) < 4.78 is 0. The lowest BCUT2D eigenvalue weighted by molar-refractivity contribution is -0.157. The molecule has 3 N–H and O–H groups in total. The molecule has 1 atom stereocenters. The number of hydrogen-bond acceptors (Lipinski definition) is 3. The van der Waals surface area contributed by atoms with Crippen LogP contribution in [0.25, 0.3) is 0 Å². The molecule has 6 heteroatoms. The Labute approximate surface area is 147 Å². The van der Waals surface area contributed by atoms with Gasteiger partial charge in [0.25, 0.3) is 0 Å². The molecule has 0 saturated heterocycles. The first-order chi connectivity index (χ1) is 11.9. The molecule has 2 fully saturated rings. The summed E-state index contributed by atoms with van der Waals surface area (Å²) in [6, 6.07) is 7.16. The van der Waals surface area contributed by atoms with Crippen LogP contribution in [0.3, 0.4) is 0 Å². The summed E-state index contributed by atoms with van der Waals surface area (Å²) >= 11 is 0.